The van der Waals surface area contributed by atoms with Gasteiger partial charge in [-0.05, 0) is 44.9 Å². The zero-order valence-corrected chi connectivity index (χ0v) is 14.5. The maximum absolute atomic E-state index is 13.9. The van der Waals surface area contributed by atoms with E-state index in [0.29, 0.717) is 24.4 Å². The molecule has 0 atom stereocenters. The van der Waals surface area contributed by atoms with Crippen LogP contribution in [0.1, 0.15) is 37.7 Å². The largest absolute Gasteiger partial charge is 0.331 e. The second kappa shape index (κ2) is 6.42. The minimum atomic E-state index is -0.485. The second-order valence-corrected chi connectivity index (χ2v) is 7.08. The highest BCUT2D eigenvalue weighted by Gasteiger charge is 2.26. The number of hydrogen-bond acceptors (Lipinski definition) is 3. The van der Waals surface area contributed by atoms with E-state index in [1.54, 1.807) is 4.68 Å². The molecular formula is C17H21F2N5O. The fourth-order valence-corrected chi connectivity index (χ4v) is 2.98. The predicted octanol–water partition coefficient (Wildman–Crippen LogP) is 2.58. The third-order valence-electron chi connectivity index (χ3n) is 4.24. The Hall–Kier alpha value is -2.51. The Morgan fingerprint density at radius 2 is 1.92 bits per heavy atom. The van der Waals surface area contributed by atoms with Crippen molar-refractivity contribution in [3.63, 3.8) is 0 Å². The molecule has 0 aliphatic carbocycles. The lowest BCUT2D eigenvalue weighted by Crippen LogP contribution is -2.43. The van der Waals surface area contributed by atoms with Crippen LogP contribution < -0.4 is 5.32 Å². The summed E-state index contributed by atoms with van der Waals surface area (Å²) in [6.07, 6.45) is 1.74. The van der Waals surface area contributed by atoms with Crippen molar-refractivity contribution in [2.45, 2.75) is 45.8 Å². The molecule has 1 aliphatic heterocycles. The van der Waals surface area contributed by atoms with E-state index in [1.165, 1.54) is 11.2 Å². The second-order valence-electron chi connectivity index (χ2n) is 7.08. The van der Waals surface area contributed by atoms with Gasteiger partial charge in [0.1, 0.15) is 23.8 Å². The third-order valence-corrected chi connectivity index (χ3v) is 4.24. The minimum absolute atomic E-state index is 0.0523. The van der Waals surface area contributed by atoms with Crippen LogP contribution in [0.25, 0.3) is 0 Å². The monoisotopic (exact) mass is 349 g/mol. The van der Waals surface area contributed by atoms with Crippen molar-refractivity contribution in [3.05, 3.63) is 47.0 Å². The van der Waals surface area contributed by atoms with Gasteiger partial charge in [-0.15, -0.1) is 0 Å². The Morgan fingerprint density at radius 1 is 1.24 bits per heavy atom. The molecule has 6 nitrogen and oxygen atoms in total. The smallest absolute Gasteiger partial charge is 0.318 e. The van der Waals surface area contributed by atoms with E-state index in [4.69, 9.17) is 0 Å². The van der Waals surface area contributed by atoms with E-state index in [9.17, 15) is 13.6 Å². The first kappa shape index (κ1) is 17.3. The predicted molar refractivity (Wildman–Crippen MR) is 87.7 cm³/mol. The van der Waals surface area contributed by atoms with E-state index in [2.05, 4.69) is 15.4 Å². The quantitative estimate of drug-likeness (QED) is 0.906. The molecule has 0 spiro atoms. The van der Waals surface area contributed by atoms with E-state index < -0.39 is 11.6 Å². The summed E-state index contributed by atoms with van der Waals surface area (Å²) in [5.74, 6) is -0.272. The van der Waals surface area contributed by atoms with E-state index >= 15 is 0 Å². The number of rotatable bonds is 2. The number of nitrogens with one attached hydrogen (secondary N) is 1. The molecule has 1 aromatic heterocycles. The van der Waals surface area contributed by atoms with Crippen LogP contribution in [0.2, 0.25) is 0 Å². The fraction of sp³-hybridized carbons (Fsp3) is 0.471. The first-order valence-electron chi connectivity index (χ1n) is 8.15. The Balaban J connectivity index is 1.67. The van der Waals surface area contributed by atoms with Gasteiger partial charge in [0.2, 0.25) is 0 Å². The molecule has 1 aromatic carbocycles. The minimum Gasteiger partial charge on any atom is -0.331 e. The highest BCUT2D eigenvalue weighted by atomic mass is 19.1. The Labute approximate surface area is 144 Å². The number of hydrogen-bond donors (Lipinski definition) is 1. The maximum Gasteiger partial charge on any atom is 0.318 e. The van der Waals surface area contributed by atoms with Crippen LogP contribution >= 0.6 is 0 Å². The number of aromatic nitrogens is 3. The van der Waals surface area contributed by atoms with Crippen LogP contribution in [0.3, 0.4) is 0 Å². The molecule has 1 aliphatic rings. The van der Waals surface area contributed by atoms with Crippen molar-refractivity contribution >= 4 is 6.03 Å². The number of urea groups is 1. The summed E-state index contributed by atoms with van der Waals surface area (Å²) in [7, 11) is 0. The van der Waals surface area contributed by atoms with Crippen LogP contribution in [0.4, 0.5) is 13.6 Å². The molecule has 25 heavy (non-hydrogen) atoms. The van der Waals surface area contributed by atoms with Gasteiger partial charge < -0.3 is 10.2 Å². The fourth-order valence-electron chi connectivity index (χ4n) is 2.98. The third kappa shape index (κ3) is 3.47. The van der Waals surface area contributed by atoms with Gasteiger partial charge in [0.05, 0.1) is 18.6 Å². The van der Waals surface area contributed by atoms with Gasteiger partial charge >= 0.3 is 6.03 Å². The average molecular weight is 349 g/mol. The molecule has 134 valence electrons. The summed E-state index contributed by atoms with van der Waals surface area (Å²) in [6, 6.07) is 1.89. The van der Waals surface area contributed by atoms with Gasteiger partial charge in [-0.25, -0.2) is 23.2 Å². The number of nitrogens with zero attached hydrogens (tertiary/aromatic N) is 4. The number of halogens is 2. The lowest BCUT2D eigenvalue weighted by molar-refractivity contribution is 0.189. The number of amides is 2. The molecule has 2 amide bonds. The average Bonchev–Trinajstić information content (AvgIpc) is 3.05. The topological polar surface area (TPSA) is 63.1 Å². The van der Waals surface area contributed by atoms with Crippen molar-refractivity contribution in [1.82, 2.24) is 25.0 Å². The van der Waals surface area contributed by atoms with E-state index in [1.807, 2.05) is 20.8 Å². The molecule has 3 rings (SSSR count). The van der Waals surface area contributed by atoms with Crippen LogP contribution in [0.15, 0.2) is 18.5 Å². The number of carbonyl (C=O) groups is 1. The highest BCUT2D eigenvalue weighted by Crippen LogP contribution is 2.24. The van der Waals surface area contributed by atoms with Gasteiger partial charge in [-0.3, -0.25) is 0 Å². The molecule has 2 heterocycles. The SMILES string of the molecule is CC(C)(C)n1ncnc1CNC(=O)N1CCc2c(F)ccc(F)c2C1. The lowest BCUT2D eigenvalue weighted by Gasteiger charge is -2.29. The van der Waals surface area contributed by atoms with Crippen molar-refractivity contribution < 1.29 is 13.6 Å². The van der Waals surface area contributed by atoms with Crippen LogP contribution in [-0.4, -0.2) is 32.2 Å². The highest BCUT2D eigenvalue weighted by molar-refractivity contribution is 5.74. The van der Waals surface area contributed by atoms with Crippen molar-refractivity contribution in [2.75, 3.05) is 6.54 Å². The Morgan fingerprint density at radius 3 is 2.60 bits per heavy atom. The molecule has 0 unspecified atom stereocenters. The Kier molecular flexibility index (Phi) is 4.45. The summed E-state index contributed by atoms with van der Waals surface area (Å²) in [5.41, 5.74) is 0.358. The molecule has 0 saturated carbocycles. The van der Waals surface area contributed by atoms with Gasteiger partial charge in [0.25, 0.3) is 0 Å². The molecule has 1 N–H and O–H groups in total. The molecule has 0 fully saturated rings. The number of fused-ring (bicyclic) bond motifs is 1. The molecule has 2 aromatic rings. The molecule has 0 radical (unpaired) electrons. The zero-order valence-electron chi connectivity index (χ0n) is 14.5. The number of carbonyl (C=O) groups excluding carboxylic acids is 1. The Bertz CT molecular complexity index is 797. The summed E-state index contributed by atoms with van der Waals surface area (Å²) in [6.45, 7) is 6.58. The first-order valence-corrected chi connectivity index (χ1v) is 8.15. The van der Waals surface area contributed by atoms with Gasteiger partial charge in [-0.1, -0.05) is 0 Å². The van der Waals surface area contributed by atoms with Crippen LogP contribution in [0, 0.1) is 11.6 Å². The standard InChI is InChI=1S/C17H21F2N5O/c1-17(2,3)24-15(21-10-22-24)8-20-16(25)23-7-6-11-12(9-23)14(19)5-4-13(11)18/h4-5,10H,6-9H2,1-3H3,(H,20,25). The van der Waals surface area contributed by atoms with Crippen molar-refractivity contribution in [2.24, 2.45) is 0 Å². The summed E-state index contributed by atoms with van der Waals surface area (Å²) in [4.78, 5) is 18.0. The van der Waals surface area contributed by atoms with E-state index in [-0.39, 0.29) is 30.2 Å². The van der Waals surface area contributed by atoms with Gasteiger partial charge in [-0.2, -0.15) is 5.10 Å². The summed E-state index contributed by atoms with van der Waals surface area (Å²) < 4.78 is 29.4. The van der Waals surface area contributed by atoms with Crippen molar-refractivity contribution in [3.8, 4) is 0 Å². The van der Waals surface area contributed by atoms with E-state index in [0.717, 1.165) is 12.1 Å². The molecule has 0 saturated heterocycles. The number of benzene rings is 1. The first-order chi connectivity index (χ1) is 11.8. The summed E-state index contributed by atoms with van der Waals surface area (Å²) >= 11 is 0. The normalized spacial score (nSPS) is 14.4. The lowest BCUT2D eigenvalue weighted by atomic mass is 9.99. The van der Waals surface area contributed by atoms with Crippen molar-refractivity contribution in [1.29, 1.82) is 0 Å². The zero-order chi connectivity index (χ0) is 18.2. The van der Waals surface area contributed by atoms with Gasteiger partial charge in [0, 0.05) is 12.1 Å². The maximum atomic E-state index is 13.9. The molecule has 0 bridgehead atoms. The molecule has 8 heteroatoms. The van der Waals surface area contributed by atoms with Crippen LogP contribution in [0.5, 0.6) is 0 Å². The van der Waals surface area contributed by atoms with Gasteiger partial charge in [0.15, 0.2) is 0 Å². The van der Waals surface area contributed by atoms with Crippen LogP contribution in [-0.2, 0) is 25.0 Å². The summed E-state index contributed by atoms with van der Waals surface area (Å²) in [5, 5.41) is 6.96. The molecular weight excluding hydrogens is 328 g/mol.